The monoisotopic (exact) mass is 269 g/mol. The van der Waals surface area contributed by atoms with E-state index in [1.165, 1.54) is 12.0 Å². The van der Waals surface area contributed by atoms with E-state index in [-0.39, 0.29) is 0 Å². The van der Waals surface area contributed by atoms with Crippen LogP contribution >= 0.6 is 0 Å². The molecule has 2 nitrogen and oxygen atoms in total. The van der Waals surface area contributed by atoms with Crippen LogP contribution in [0.5, 0.6) is 0 Å². The van der Waals surface area contributed by atoms with Gasteiger partial charge in [0, 0.05) is 11.6 Å². The molecule has 1 aliphatic carbocycles. The van der Waals surface area contributed by atoms with Gasteiger partial charge in [0.15, 0.2) is 0 Å². The standard InChI is InChI=1S/C18H23NO/c1-12(2)14-5-4-6-15(10-14)19-11-16-7-8-18(20-16)17-9-13(17)3/h4-8,10,12-13,17,19H,9,11H2,1-3H3. The predicted octanol–water partition coefficient (Wildman–Crippen LogP) is 5.14. The molecule has 1 aromatic heterocycles. The minimum absolute atomic E-state index is 0.559. The Kier molecular flexibility index (Phi) is 3.56. The van der Waals surface area contributed by atoms with Gasteiger partial charge in [0.1, 0.15) is 11.5 Å². The van der Waals surface area contributed by atoms with Crippen molar-refractivity contribution in [1.29, 1.82) is 0 Å². The fourth-order valence-electron chi connectivity index (χ4n) is 2.60. The molecule has 0 saturated heterocycles. The molecule has 1 saturated carbocycles. The van der Waals surface area contributed by atoms with Crippen molar-refractivity contribution in [2.45, 2.75) is 45.6 Å². The zero-order valence-corrected chi connectivity index (χ0v) is 12.5. The second kappa shape index (κ2) is 5.35. The maximum atomic E-state index is 5.91. The Hall–Kier alpha value is -1.70. The highest BCUT2D eigenvalue weighted by molar-refractivity contribution is 5.46. The van der Waals surface area contributed by atoms with Crippen molar-refractivity contribution in [3.63, 3.8) is 0 Å². The summed E-state index contributed by atoms with van der Waals surface area (Å²) in [5.74, 6) is 4.19. The van der Waals surface area contributed by atoms with Crippen LogP contribution in [0.3, 0.4) is 0 Å². The zero-order chi connectivity index (χ0) is 14.1. The van der Waals surface area contributed by atoms with Gasteiger partial charge in [-0.05, 0) is 48.1 Å². The van der Waals surface area contributed by atoms with E-state index in [1.54, 1.807) is 0 Å². The van der Waals surface area contributed by atoms with Crippen LogP contribution in [0, 0.1) is 5.92 Å². The summed E-state index contributed by atoms with van der Waals surface area (Å²) in [5.41, 5.74) is 2.52. The minimum atomic E-state index is 0.559. The third-order valence-electron chi connectivity index (χ3n) is 4.18. The van der Waals surface area contributed by atoms with E-state index in [2.05, 4.69) is 62.5 Å². The fourth-order valence-corrected chi connectivity index (χ4v) is 2.60. The molecular formula is C18H23NO. The Morgan fingerprint density at radius 3 is 2.75 bits per heavy atom. The fraction of sp³-hybridized carbons (Fsp3) is 0.444. The van der Waals surface area contributed by atoms with Crippen molar-refractivity contribution in [2.24, 2.45) is 5.92 Å². The molecule has 2 unspecified atom stereocenters. The lowest BCUT2D eigenvalue weighted by molar-refractivity contribution is 0.468. The van der Waals surface area contributed by atoms with Crippen LogP contribution in [0.1, 0.15) is 56.1 Å². The average molecular weight is 269 g/mol. The number of furan rings is 1. The second-order valence-electron chi connectivity index (χ2n) is 6.26. The first-order valence-corrected chi connectivity index (χ1v) is 7.56. The van der Waals surface area contributed by atoms with Crippen LogP contribution in [-0.2, 0) is 6.54 Å². The molecule has 0 bridgehead atoms. The quantitative estimate of drug-likeness (QED) is 0.813. The van der Waals surface area contributed by atoms with Gasteiger partial charge in [-0.3, -0.25) is 0 Å². The maximum Gasteiger partial charge on any atom is 0.123 e. The number of rotatable bonds is 5. The molecule has 1 aliphatic rings. The summed E-state index contributed by atoms with van der Waals surface area (Å²) in [6.45, 7) is 7.47. The van der Waals surface area contributed by atoms with Crippen LogP contribution in [0.2, 0.25) is 0 Å². The van der Waals surface area contributed by atoms with E-state index >= 15 is 0 Å². The number of nitrogens with one attached hydrogen (secondary N) is 1. The summed E-state index contributed by atoms with van der Waals surface area (Å²) < 4.78 is 5.91. The Bertz CT molecular complexity index is 585. The van der Waals surface area contributed by atoms with Gasteiger partial charge in [-0.2, -0.15) is 0 Å². The molecule has 0 amide bonds. The predicted molar refractivity (Wildman–Crippen MR) is 83.1 cm³/mol. The first-order chi connectivity index (χ1) is 9.63. The molecule has 106 valence electrons. The number of benzene rings is 1. The first-order valence-electron chi connectivity index (χ1n) is 7.56. The number of hydrogen-bond donors (Lipinski definition) is 1. The maximum absolute atomic E-state index is 5.91. The SMILES string of the molecule is CC(C)c1cccc(NCc2ccc(C3CC3C)o2)c1. The second-order valence-corrected chi connectivity index (χ2v) is 6.26. The summed E-state index contributed by atoms with van der Waals surface area (Å²) in [6.07, 6.45) is 1.27. The van der Waals surface area contributed by atoms with Crippen LogP contribution in [-0.4, -0.2) is 0 Å². The summed E-state index contributed by atoms with van der Waals surface area (Å²) in [5, 5.41) is 3.45. The highest BCUT2D eigenvalue weighted by Crippen LogP contribution is 2.47. The van der Waals surface area contributed by atoms with Gasteiger partial charge in [-0.1, -0.05) is 32.9 Å². The Morgan fingerprint density at radius 2 is 2.05 bits per heavy atom. The zero-order valence-electron chi connectivity index (χ0n) is 12.5. The van der Waals surface area contributed by atoms with E-state index in [1.807, 2.05) is 0 Å². The van der Waals surface area contributed by atoms with Crippen LogP contribution in [0.25, 0.3) is 0 Å². The lowest BCUT2D eigenvalue weighted by atomic mass is 10.0. The Morgan fingerprint density at radius 1 is 1.25 bits per heavy atom. The van der Waals surface area contributed by atoms with Gasteiger partial charge in [-0.25, -0.2) is 0 Å². The topological polar surface area (TPSA) is 25.2 Å². The molecule has 2 aromatic rings. The molecule has 2 atom stereocenters. The molecule has 3 rings (SSSR count). The van der Waals surface area contributed by atoms with Gasteiger partial charge < -0.3 is 9.73 Å². The largest absolute Gasteiger partial charge is 0.464 e. The lowest BCUT2D eigenvalue weighted by Crippen LogP contribution is -1.99. The van der Waals surface area contributed by atoms with E-state index < -0.39 is 0 Å². The van der Waals surface area contributed by atoms with Crippen LogP contribution in [0.4, 0.5) is 5.69 Å². The Balaban J connectivity index is 1.61. The van der Waals surface area contributed by atoms with Crippen molar-refractivity contribution in [1.82, 2.24) is 0 Å². The van der Waals surface area contributed by atoms with Crippen molar-refractivity contribution in [3.05, 3.63) is 53.5 Å². The van der Waals surface area contributed by atoms with Crippen molar-refractivity contribution >= 4 is 5.69 Å². The van der Waals surface area contributed by atoms with Gasteiger partial charge in [0.2, 0.25) is 0 Å². The van der Waals surface area contributed by atoms with E-state index in [9.17, 15) is 0 Å². The third kappa shape index (κ3) is 2.90. The highest BCUT2D eigenvalue weighted by atomic mass is 16.3. The molecule has 1 fully saturated rings. The molecule has 1 aromatic carbocycles. The lowest BCUT2D eigenvalue weighted by Gasteiger charge is -2.09. The number of anilines is 1. The summed E-state index contributed by atoms with van der Waals surface area (Å²) in [7, 11) is 0. The molecule has 1 heterocycles. The molecule has 2 heteroatoms. The molecular weight excluding hydrogens is 246 g/mol. The molecule has 1 N–H and O–H groups in total. The van der Waals surface area contributed by atoms with E-state index in [0.717, 1.165) is 29.7 Å². The van der Waals surface area contributed by atoms with Gasteiger partial charge >= 0.3 is 0 Å². The normalized spacial score (nSPS) is 21.2. The highest BCUT2D eigenvalue weighted by Gasteiger charge is 2.36. The van der Waals surface area contributed by atoms with Gasteiger partial charge in [-0.15, -0.1) is 0 Å². The summed E-state index contributed by atoms with van der Waals surface area (Å²) in [6, 6.07) is 12.8. The van der Waals surface area contributed by atoms with Gasteiger partial charge in [0.05, 0.1) is 6.54 Å². The van der Waals surface area contributed by atoms with Crippen molar-refractivity contribution in [3.8, 4) is 0 Å². The molecule has 0 aliphatic heterocycles. The molecule has 0 spiro atoms. The van der Waals surface area contributed by atoms with Crippen LogP contribution < -0.4 is 5.32 Å². The van der Waals surface area contributed by atoms with E-state index in [0.29, 0.717) is 11.8 Å². The smallest absolute Gasteiger partial charge is 0.123 e. The third-order valence-corrected chi connectivity index (χ3v) is 4.18. The number of hydrogen-bond acceptors (Lipinski definition) is 2. The Labute approximate surface area is 121 Å². The first kappa shape index (κ1) is 13.3. The summed E-state index contributed by atoms with van der Waals surface area (Å²) >= 11 is 0. The van der Waals surface area contributed by atoms with Crippen LogP contribution in [0.15, 0.2) is 40.8 Å². The van der Waals surface area contributed by atoms with Gasteiger partial charge in [0.25, 0.3) is 0 Å². The average Bonchev–Trinajstić information content (AvgIpc) is 3.00. The minimum Gasteiger partial charge on any atom is -0.464 e. The molecule has 20 heavy (non-hydrogen) atoms. The van der Waals surface area contributed by atoms with Crippen molar-refractivity contribution < 1.29 is 4.42 Å². The van der Waals surface area contributed by atoms with E-state index in [4.69, 9.17) is 4.42 Å². The van der Waals surface area contributed by atoms with Crippen molar-refractivity contribution in [2.75, 3.05) is 5.32 Å². The summed E-state index contributed by atoms with van der Waals surface area (Å²) in [4.78, 5) is 0. The molecule has 0 radical (unpaired) electrons.